The standard InChI is InChI=1S/C24H25N5O5/c1-2-12-26-28-21(31)15-8-6-14(7-9-15)13-25-17-5-3-4-16-20(17)24(34)29(23(16)33)18-10-11-19(30)27-22(18)32/h3-9,18,25-26H,2,10-13H2,1H3,(H,28,31)(H,27,30,32). The number of hydrogen-bond donors (Lipinski definition) is 4. The van der Waals surface area contributed by atoms with Gasteiger partial charge in [0.05, 0.1) is 11.1 Å². The molecule has 2 aromatic rings. The van der Waals surface area contributed by atoms with Gasteiger partial charge in [-0.15, -0.1) is 0 Å². The maximum Gasteiger partial charge on any atom is 0.265 e. The molecule has 4 rings (SSSR count). The summed E-state index contributed by atoms with van der Waals surface area (Å²) in [5, 5.41) is 5.37. The summed E-state index contributed by atoms with van der Waals surface area (Å²) in [6.07, 6.45) is 1.07. The van der Waals surface area contributed by atoms with Gasteiger partial charge in [-0.1, -0.05) is 25.1 Å². The zero-order valence-corrected chi connectivity index (χ0v) is 18.6. The Morgan fingerprint density at radius 2 is 1.82 bits per heavy atom. The Morgan fingerprint density at radius 3 is 2.53 bits per heavy atom. The molecule has 5 amide bonds. The average Bonchev–Trinajstić information content (AvgIpc) is 3.09. The van der Waals surface area contributed by atoms with Gasteiger partial charge in [-0.25, -0.2) is 5.43 Å². The van der Waals surface area contributed by atoms with Crippen LogP contribution in [0.3, 0.4) is 0 Å². The van der Waals surface area contributed by atoms with Gasteiger partial charge in [0.1, 0.15) is 6.04 Å². The van der Waals surface area contributed by atoms with Crippen LogP contribution < -0.4 is 21.5 Å². The van der Waals surface area contributed by atoms with Crippen LogP contribution in [0.4, 0.5) is 5.69 Å². The number of hydrogen-bond acceptors (Lipinski definition) is 7. The molecule has 0 radical (unpaired) electrons. The van der Waals surface area contributed by atoms with Crippen molar-refractivity contribution in [3.63, 3.8) is 0 Å². The molecule has 2 aliphatic rings. The van der Waals surface area contributed by atoms with Gasteiger partial charge >= 0.3 is 0 Å². The highest BCUT2D eigenvalue weighted by molar-refractivity contribution is 6.25. The predicted octanol–water partition coefficient (Wildman–Crippen LogP) is 1.34. The van der Waals surface area contributed by atoms with E-state index in [4.69, 9.17) is 0 Å². The minimum Gasteiger partial charge on any atom is -0.380 e. The maximum absolute atomic E-state index is 13.1. The van der Waals surface area contributed by atoms with Crippen molar-refractivity contribution in [3.05, 3.63) is 64.7 Å². The maximum atomic E-state index is 13.1. The fourth-order valence-electron chi connectivity index (χ4n) is 3.97. The highest BCUT2D eigenvalue weighted by Crippen LogP contribution is 2.32. The second kappa shape index (κ2) is 9.84. The topological polar surface area (TPSA) is 137 Å². The molecule has 0 saturated carbocycles. The lowest BCUT2D eigenvalue weighted by atomic mass is 10.0. The van der Waals surface area contributed by atoms with Crippen LogP contribution in [0.15, 0.2) is 42.5 Å². The number of amides is 5. The molecule has 2 aliphatic heterocycles. The number of fused-ring (bicyclic) bond motifs is 1. The molecule has 34 heavy (non-hydrogen) atoms. The lowest BCUT2D eigenvalue weighted by molar-refractivity contribution is -0.136. The van der Waals surface area contributed by atoms with Crippen LogP contribution in [-0.2, 0) is 16.1 Å². The monoisotopic (exact) mass is 463 g/mol. The third kappa shape index (κ3) is 4.53. The van der Waals surface area contributed by atoms with E-state index >= 15 is 0 Å². The molecule has 4 N–H and O–H groups in total. The summed E-state index contributed by atoms with van der Waals surface area (Å²) >= 11 is 0. The average molecular weight is 463 g/mol. The van der Waals surface area contributed by atoms with E-state index in [1.807, 2.05) is 6.92 Å². The Balaban J connectivity index is 1.46. The highest BCUT2D eigenvalue weighted by Gasteiger charge is 2.45. The molecular weight excluding hydrogens is 438 g/mol. The van der Waals surface area contributed by atoms with Crippen molar-refractivity contribution in [2.24, 2.45) is 0 Å². The van der Waals surface area contributed by atoms with E-state index in [-0.39, 0.29) is 29.9 Å². The molecule has 176 valence electrons. The lowest BCUT2D eigenvalue weighted by Crippen LogP contribution is -2.54. The molecule has 0 aromatic heterocycles. The van der Waals surface area contributed by atoms with E-state index in [0.29, 0.717) is 24.3 Å². The third-order valence-corrected chi connectivity index (χ3v) is 5.74. The fraction of sp³-hybridized carbons (Fsp3) is 0.292. The molecule has 2 aromatic carbocycles. The number of carbonyl (C=O) groups excluding carboxylic acids is 5. The number of carbonyl (C=O) groups is 5. The molecule has 10 nitrogen and oxygen atoms in total. The summed E-state index contributed by atoms with van der Waals surface area (Å²) in [4.78, 5) is 62.8. The van der Waals surface area contributed by atoms with Crippen LogP contribution in [0.1, 0.15) is 62.8 Å². The van der Waals surface area contributed by atoms with Gasteiger partial charge in [0.25, 0.3) is 17.7 Å². The summed E-state index contributed by atoms with van der Waals surface area (Å²) in [5.41, 5.74) is 7.73. The molecular formula is C24H25N5O5. The molecule has 1 unspecified atom stereocenters. The Bertz CT molecular complexity index is 1160. The predicted molar refractivity (Wildman–Crippen MR) is 123 cm³/mol. The molecule has 0 spiro atoms. The SMILES string of the molecule is CCCNNC(=O)c1ccc(CNc2cccc3c2C(=O)N(C2CCC(=O)NC2=O)C3=O)cc1. The molecule has 1 saturated heterocycles. The van der Waals surface area contributed by atoms with Crippen LogP contribution in [0.2, 0.25) is 0 Å². The molecule has 0 aliphatic carbocycles. The lowest BCUT2D eigenvalue weighted by Gasteiger charge is -2.27. The zero-order valence-electron chi connectivity index (χ0n) is 18.6. The van der Waals surface area contributed by atoms with Gasteiger partial charge in [-0.3, -0.25) is 39.6 Å². The van der Waals surface area contributed by atoms with Gasteiger partial charge in [0.15, 0.2) is 0 Å². The van der Waals surface area contributed by atoms with Gasteiger partial charge in [-0.05, 0) is 42.7 Å². The number of benzene rings is 2. The second-order valence-electron chi connectivity index (χ2n) is 8.11. The van der Waals surface area contributed by atoms with Gasteiger partial charge in [0, 0.05) is 30.8 Å². The third-order valence-electron chi connectivity index (χ3n) is 5.74. The van der Waals surface area contributed by atoms with Crippen molar-refractivity contribution < 1.29 is 24.0 Å². The fourth-order valence-corrected chi connectivity index (χ4v) is 3.97. The number of hydrazine groups is 1. The van der Waals surface area contributed by atoms with Gasteiger partial charge < -0.3 is 5.32 Å². The van der Waals surface area contributed by atoms with Crippen molar-refractivity contribution in [1.82, 2.24) is 21.1 Å². The number of imide groups is 2. The smallest absolute Gasteiger partial charge is 0.265 e. The Labute approximate surface area is 196 Å². The number of piperidine rings is 1. The van der Waals surface area contributed by atoms with Crippen molar-refractivity contribution >= 4 is 35.2 Å². The first-order valence-electron chi connectivity index (χ1n) is 11.1. The van der Waals surface area contributed by atoms with E-state index in [0.717, 1.165) is 16.9 Å². The summed E-state index contributed by atoms with van der Waals surface area (Å²) in [5.74, 6) is -2.41. The van der Waals surface area contributed by atoms with Crippen molar-refractivity contribution in [3.8, 4) is 0 Å². The Kier molecular flexibility index (Phi) is 6.69. The van der Waals surface area contributed by atoms with E-state index in [9.17, 15) is 24.0 Å². The van der Waals surface area contributed by atoms with Crippen molar-refractivity contribution in [2.45, 2.75) is 38.8 Å². The van der Waals surface area contributed by atoms with E-state index in [2.05, 4.69) is 21.5 Å². The first kappa shape index (κ1) is 23.1. The number of nitrogens with one attached hydrogen (secondary N) is 4. The van der Waals surface area contributed by atoms with Crippen LogP contribution in [0.25, 0.3) is 0 Å². The largest absolute Gasteiger partial charge is 0.380 e. The Morgan fingerprint density at radius 1 is 1.06 bits per heavy atom. The first-order chi connectivity index (χ1) is 16.4. The summed E-state index contributed by atoms with van der Waals surface area (Å²) in [7, 11) is 0. The molecule has 0 bridgehead atoms. The number of nitrogens with zero attached hydrogens (tertiary/aromatic N) is 1. The molecule has 1 atom stereocenters. The zero-order chi connectivity index (χ0) is 24.2. The minimum atomic E-state index is -1.01. The van der Waals surface area contributed by atoms with E-state index < -0.39 is 29.7 Å². The minimum absolute atomic E-state index is 0.0671. The van der Waals surface area contributed by atoms with Crippen LogP contribution in [-0.4, -0.2) is 47.0 Å². The Hall–Kier alpha value is -4.05. The van der Waals surface area contributed by atoms with Crippen LogP contribution in [0, 0.1) is 0 Å². The van der Waals surface area contributed by atoms with Crippen molar-refractivity contribution in [2.75, 3.05) is 11.9 Å². The van der Waals surface area contributed by atoms with Gasteiger partial charge in [0.2, 0.25) is 11.8 Å². The summed E-state index contributed by atoms with van der Waals surface area (Å²) in [6.45, 7) is 3.03. The van der Waals surface area contributed by atoms with E-state index in [1.54, 1.807) is 42.5 Å². The summed E-state index contributed by atoms with van der Waals surface area (Å²) < 4.78 is 0. The van der Waals surface area contributed by atoms with Crippen molar-refractivity contribution in [1.29, 1.82) is 0 Å². The quantitative estimate of drug-likeness (QED) is 0.263. The summed E-state index contributed by atoms with van der Waals surface area (Å²) in [6, 6.07) is 10.9. The first-order valence-corrected chi connectivity index (χ1v) is 11.1. The molecule has 1 fully saturated rings. The molecule has 10 heteroatoms. The number of anilines is 1. The second-order valence-corrected chi connectivity index (χ2v) is 8.11. The number of rotatable bonds is 8. The highest BCUT2D eigenvalue weighted by atomic mass is 16.2. The van der Waals surface area contributed by atoms with Crippen LogP contribution in [0.5, 0.6) is 0 Å². The van der Waals surface area contributed by atoms with Crippen LogP contribution >= 0.6 is 0 Å². The normalized spacial score (nSPS) is 17.4. The molecule has 2 heterocycles. The van der Waals surface area contributed by atoms with Gasteiger partial charge in [-0.2, -0.15) is 0 Å². The van der Waals surface area contributed by atoms with E-state index in [1.165, 1.54) is 0 Å².